The third kappa shape index (κ3) is 2.12. The van der Waals surface area contributed by atoms with Gasteiger partial charge in [0.2, 0.25) is 5.65 Å². The Labute approximate surface area is 136 Å². The van der Waals surface area contributed by atoms with Crippen LogP contribution in [-0.2, 0) is 0 Å². The van der Waals surface area contributed by atoms with Crippen molar-refractivity contribution in [1.82, 2.24) is 29.9 Å². The Balaban J connectivity index is 1.94. The maximum Gasteiger partial charge on any atom is 0.221 e. The van der Waals surface area contributed by atoms with Crippen molar-refractivity contribution in [2.24, 2.45) is 0 Å². The molecule has 0 fully saturated rings. The molecule has 0 spiro atoms. The van der Waals surface area contributed by atoms with Gasteiger partial charge in [-0.05, 0) is 19.1 Å². The summed E-state index contributed by atoms with van der Waals surface area (Å²) < 4.78 is 30.6. The van der Waals surface area contributed by atoms with Crippen LogP contribution in [0, 0.1) is 11.6 Å². The zero-order valence-electron chi connectivity index (χ0n) is 12.5. The van der Waals surface area contributed by atoms with Gasteiger partial charge in [0.05, 0.1) is 11.6 Å². The zero-order chi connectivity index (χ0) is 16.8. The topological polar surface area (TPSA) is 69.4 Å². The van der Waals surface area contributed by atoms with Gasteiger partial charge >= 0.3 is 0 Å². The Morgan fingerprint density at radius 2 is 2.08 bits per heavy atom. The average molecular weight is 322 g/mol. The van der Waals surface area contributed by atoms with Gasteiger partial charge in [0.15, 0.2) is 5.65 Å². The van der Waals surface area contributed by atoms with Crippen molar-refractivity contribution < 1.29 is 8.78 Å². The highest BCUT2D eigenvalue weighted by Gasteiger charge is 2.24. The summed E-state index contributed by atoms with van der Waals surface area (Å²) in [6.45, 7) is 1.60. The fourth-order valence-electron chi connectivity index (χ4n) is 2.68. The highest BCUT2D eigenvalue weighted by Crippen LogP contribution is 2.29. The summed E-state index contributed by atoms with van der Waals surface area (Å²) in [4.78, 5) is 12.1. The van der Waals surface area contributed by atoms with Crippen LogP contribution in [0.5, 0.6) is 0 Å². The maximum atomic E-state index is 14.8. The number of fused-ring (bicyclic) bond motifs is 2. The number of hydrogen-bond donors (Lipinski definition) is 0. The Hall–Kier alpha value is -2.97. The van der Waals surface area contributed by atoms with Crippen LogP contribution in [-0.4, -0.2) is 37.8 Å². The van der Waals surface area contributed by atoms with Crippen LogP contribution in [0.2, 0.25) is 0 Å². The fourth-order valence-corrected chi connectivity index (χ4v) is 2.68. The van der Waals surface area contributed by atoms with Crippen LogP contribution in [0.1, 0.15) is 18.5 Å². The summed E-state index contributed by atoms with van der Waals surface area (Å²) >= 11 is 0. The lowest BCUT2D eigenvalue weighted by molar-refractivity contribution is 0.485. The lowest BCUT2D eigenvalue weighted by Gasteiger charge is -2.15. The molecule has 2 radical (unpaired) electrons. The fraction of sp³-hybridized carbons (Fsp3) is 0.133. The van der Waals surface area contributed by atoms with Crippen molar-refractivity contribution in [3.05, 3.63) is 47.8 Å². The molecule has 0 N–H and O–H groups in total. The van der Waals surface area contributed by atoms with E-state index in [-0.39, 0.29) is 33.4 Å². The molecule has 3 aromatic heterocycles. The van der Waals surface area contributed by atoms with E-state index in [1.54, 1.807) is 19.1 Å². The molecule has 0 aliphatic heterocycles. The van der Waals surface area contributed by atoms with E-state index in [1.165, 1.54) is 23.1 Å². The monoisotopic (exact) mass is 322 g/mol. The summed E-state index contributed by atoms with van der Waals surface area (Å²) in [7, 11) is 5.63. The third-order valence-corrected chi connectivity index (χ3v) is 3.82. The maximum absolute atomic E-state index is 14.8. The van der Waals surface area contributed by atoms with Crippen molar-refractivity contribution in [1.29, 1.82) is 0 Å². The van der Waals surface area contributed by atoms with E-state index < -0.39 is 17.7 Å². The second-order valence-electron chi connectivity index (χ2n) is 5.31. The summed E-state index contributed by atoms with van der Waals surface area (Å²) in [5, 5.41) is 8.00. The standard InChI is InChI=1S/C15H9BF2N6/c1-7(24-15-14(22-23-24)20-6-11(16)21-15)12-9(17)5-10-8(13(12)18)3-2-4-19-10/h2-7H,1H3. The van der Waals surface area contributed by atoms with Gasteiger partial charge in [-0.2, -0.15) is 0 Å². The van der Waals surface area contributed by atoms with Crippen molar-refractivity contribution in [3.8, 4) is 0 Å². The van der Waals surface area contributed by atoms with Gasteiger partial charge in [-0.25, -0.2) is 23.4 Å². The molecule has 0 bridgehead atoms. The Bertz CT molecular complexity index is 1080. The molecular weight excluding hydrogens is 313 g/mol. The first-order chi connectivity index (χ1) is 11.6. The molecule has 4 aromatic rings. The van der Waals surface area contributed by atoms with Gasteiger partial charge in [-0.15, -0.1) is 5.10 Å². The van der Waals surface area contributed by atoms with Crippen molar-refractivity contribution >= 4 is 35.6 Å². The average Bonchev–Trinajstić information content (AvgIpc) is 2.97. The second-order valence-corrected chi connectivity index (χ2v) is 5.31. The molecule has 4 rings (SSSR count). The Morgan fingerprint density at radius 3 is 2.92 bits per heavy atom. The van der Waals surface area contributed by atoms with E-state index >= 15 is 0 Å². The first kappa shape index (κ1) is 14.6. The Kier molecular flexibility index (Phi) is 3.22. The van der Waals surface area contributed by atoms with E-state index in [0.717, 1.165) is 0 Å². The SMILES string of the molecule is [B]c1cnc2nnn(C(C)c3c(F)cc4ncccc4c3F)c2n1. The minimum Gasteiger partial charge on any atom is -0.256 e. The van der Waals surface area contributed by atoms with Crippen LogP contribution in [0.3, 0.4) is 0 Å². The predicted octanol–water partition coefficient (Wildman–Crippen LogP) is 1.45. The first-order valence-corrected chi connectivity index (χ1v) is 7.12. The number of hydrogen-bond acceptors (Lipinski definition) is 5. The van der Waals surface area contributed by atoms with Crippen LogP contribution >= 0.6 is 0 Å². The highest BCUT2D eigenvalue weighted by molar-refractivity contribution is 6.30. The van der Waals surface area contributed by atoms with Crippen molar-refractivity contribution in [2.75, 3.05) is 0 Å². The van der Waals surface area contributed by atoms with Gasteiger partial charge < -0.3 is 0 Å². The zero-order valence-corrected chi connectivity index (χ0v) is 12.5. The second kappa shape index (κ2) is 5.29. The summed E-state index contributed by atoms with van der Waals surface area (Å²) in [5.74, 6) is -1.40. The van der Waals surface area contributed by atoms with Crippen LogP contribution in [0.15, 0.2) is 30.6 Å². The molecule has 116 valence electrons. The predicted molar refractivity (Wildman–Crippen MR) is 84.0 cm³/mol. The highest BCUT2D eigenvalue weighted by atomic mass is 19.1. The number of pyridine rings is 1. The van der Waals surface area contributed by atoms with Gasteiger partial charge in [0.25, 0.3) is 0 Å². The first-order valence-electron chi connectivity index (χ1n) is 7.12. The van der Waals surface area contributed by atoms with Crippen molar-refractivity contribution in [2.45, 2.75) is 13.0 Å². The summed E-state index contributed by atoms with van der Waals surface area (Å²) in [5.41, 5.74) is 0.774. The number of halogens is 2. The minimum atomic E-state index is -0.796. The number of nitrogens with zero attached hydrogens (tertiary/aromatic N) is 6. The van der Waals surface area contributed by atoms with Gasteiger partial charge in [0, 0.05) is 35.0 Å². The van der Waals surface area contributed by atoms with Crippen LogP contribution in [0.25, 0.3) is 22.2 Å². The molecule has 1 unspecified atom stereocenters. The van der Waals surface area contributed by atoms with E-state index in [2.05, 4.69) is 25.3 Å². The van der Waals surface area contributed by atoms with Crippen molar-refractivity contribution in [3.63, 3.8) is 0 Å². The molecule has 24 heavy (non-hydrogen) atoms. The van der Waals surface area contributed by atoms with Crippen LogP contribution in [0.4, 0.5) is 8.78 Å². The summed E-state index contributed by atoms with van der Waals surface area (Å²) in [6, 6.07) is 3.54. The molecule has 0 aliphatic carbocycles. The van der Waals surface area contributed by atoms with Gasteiger partial charge in [-0.3, -0.25) is 4.98 Å². The normalized spacial score (nSPS) is 12.8. The van der Waals surface area contributed by atoms with Gasteiger partial charge in [0.1, 0.15) is 19.5 Å². The lowest BCUT2D eigenvalue weighted by atomic mass is 10.0. The van der Waals surface area contributed by atoms with Crippen LogP contribution < -0.4 is 5.59 Å². The summed E-state index contributed by atoms with van der Waals surface area (Å²) in [6.07, 6.45) is 2.82. The van der Waals surface area contributed by atoms with E-state index in [0.29, 0.717) is 0 Å². The molecule has 1 aromatic carbocycles. The molecule has 0 saturated heterocycles. The van der Waals surface area contributed by atoms with E-state index in [9.17, 15) is 8.78 Å². The minimum absolute atomic E-state index is 0.147. The molecule has 3 heterocycles. The molecule has 0 aliphatic rings. The number of aromatic nitrogens is 6. The largest absolute Gasteiger partial charge is 0.256 e. The van der Waals surface area contributed by atoms with Gasteiger partial charge in [-0.1, -0.05) is 5.21 Å². The molecule has 9 heteroatoms. The Morgan fingerprint density at radius 1 is 1.25 bits per heavy atom. The van der Waals surface area contributed by atoms with E-state index in [1.807, 2.05) is 0 Å². The molecule has 1 atom stereocenters. The molecule has 6 nitrogen and oxygen atoms in total. The lowest BCUT2D eigenvalue weighted by Crippen LogP contribution is -2.16. The molecular formula is C15H9BF2N6. The molecule has 0 saturated carbocycles. The number of benzene rings is 1. The third-order valence-electron chi connectivity index (χ3n) is 3.82. The molecule has 0 amide bonds. The smallest absolute Gasteiger partial charge is 0.221 e. The quantitative estimate of drug-likeness (QED) is 0.523. The van der Waals surface area contributed by atoms with E-state index in [4.69, 9.17) is 7.85 Å². The number of rotatable bonds is 2.